The molecule has 0 unspecified atom stereocenters. The van der Waals surface area contributed by atoms with Gasteiger partial charge in [-0.15, -0.1) is 0 Å². The lowest BCUT2D eigenvalue weighted by molar-refractivity contribution is -0.123. The molecule has 0 spiro atoms. The number of fused-ring (bicyclic) bond motifs is 1. The average molecular weight is 469 g/mol. The van der Waals surface area contributed by atoms with E-state index in [1.165, 1.54) is 11.1 Å². The second-order valence-electron chi connectivity index (χ2n) is 8.31. The van der Waals surface area contributed by atoms with Crippen LogP contribution in [0.2, 0.25) is 0 Å². The lowest BCUT2D eigenvalue weighted by Gasteiger charge is -2.28. The molecule has 0 saturated heterocycles. The summed E-state index contributed by atoms with van der Waals surface area (Å²) in [5.41, 5.74) is 3.35. The predicted octanol–water partition coefficient (Wildman–Crippen LogP) is 1.60. The number of benzene rings is 2. The minimum Gasteiger partial charge on any atom is -0.484 e. The summed E-state index contributed by atoms with van der Waals surface area (Å²) >= 11 is 0. The molecule has 3 N–H and O–H groups in total. The van der Waals surface area contributed by atoms with E-state index in [9.17, 15) is 9.59 Å². The molecule has 8 heteroatoms. The highest BCUT2D eigenvalue weighted by Gasteiger charge is 2.15. The topological polar surface area (TPSA) is 91.9 Å². The Morgan fingerprint density at radius 1 is 0.971 bits per heavy atom. The maximum atomic E-state index is 12.3. The molecule has 1 heterocycles. The van der Waals surface area contributed by atoms with E-state index < -0.39 is 0 Å². The van der Waals surface area contributed by atoms with Gasteiger partial charge in [0.1, 0.15) is 5.75 Å². The molecule has 0 saturated carbocycles. The van der Waals surface area contributed by atoms with E-state index in [4.69, 9.17) is 9.47 Å². The average Bonchev–Trinajstić information content (AvgIpc) is 2.87. The van der Waals surface area contributed by atoms with Gasteiger partial charge in [-0.05, 0) is 42.2 Å². The van der Waals surface area contributed by atoms with Crippen LogP contribution in [-0.2, 0) is 22.5 Å². The van der Waals surface area contributed by atoms with E-state index in [1.807, 2.05) is 0 Å². The first kappa shape index (κ1) is 25.7. The number of hydrogen-bond donors (Lipinski definition) is 3. The molecule has 34 heavy (non-hydrogen) atoms. The fraction of sp³-hybridized carbons (Fsp3) is 0.462. The molecule has 0 atom stereocenters. The van der Waals surface area contributed by atoms with Gasteiger partial charge in [-0.3, -0.25) is 14.5 Å². The fourth-order valence-corrected chi connectivity index (χ4v) is 3.87. The van der Waals surface area contributed by atoms with Crippen LogP contribution in [0, 0.1) is 0 Å². The number of amides is 2. The minimum atomic E-state index is -0.177. The number of carbonyl (C=O) groups is 2. The summed E-state index contributed by atoms with van der Waals surface area (Å²) in [4.78, 5) is 26.9. The number of hydrogen-bond acceptors (Lipinski definition) is 6. The number of carbonyl (C=O) groups excluding carboxylic acids is 2. The van der Waals surface area contributed by atoms with E-state index in [0.717, 1.165) is 39.0 Å². The molecule has 0 fully saturated rings. The van der Waals surface area contributed by atoms with Crippen LogP contribution in [0.25, 0.3) is 0 Å². The number of nitrogens with one attached hydrogen (secondary N) is 3. The number of rotatable bonds is 14. The highest BCUT2D eigenvalue weighted by atomic mass is 16.5. The Kier molecular flexibility index (Phi) is 10.8. The lowest BCUT2D eigenvalue weighted by atomic mass is 10.00. The third-order valence-corrected chi connectivity index (χ3v) is 5.72. The van der Waals surface area contributed by atoms with Gasteiger partial charge < -0.3 is 25.4 Å². The van der Waals surface area contributed by atoms with E-state index >= 15 is 0 Å². The molecule has 2 aromatic carbocycles. The van der Waals surface area contributed by atoms with Crippen molar-refractivity contribution < 1.29 is 19.1 Å². The van der Waals surface area contributed by atoms with Crippen LogP contribution in [0.3, 0.4) is 0 Å². The molecule has 0 aliphatic carbocycles. The first-order valence-corrected chi connectivity index (χ1v) is 11.9. The summed E-state index contributed by atoms with van der Waals surface area (Å²) < 4.78 is 10.5. The Labute approximate surface area is 202 Å². The zero-order valence-corrected chi connectivity index (χ0v) is 20.0. The maximum Gasteiger partial charge on any atom is 0.257 e. The van der Waals surface area contributed by atoms with Gasteiger partial charge in [0, 0.05) is 58.5 Å². The zero-order chi connectivity index (χ0) is 24.0. The molecule has 3 rings (SSSR count). The first-order valence-electron chi connectivity index (χ1n) is 11.9. The zero-order valence-electron chi connectivity index (χ0n) is 20.0. The van der Waals surface area contributed by atoms with Crippen LogP contribution in [0.15, 0.2) is 48.5 Å². The third-order valence-electron chi connectivity index (χ3n) is 5.72. The molecular formula is C26H36N4O4. The van der Waals surface area contributed by atoms with E-state index in [1.54, 1.807) is 31.4 Å². The molecular weight excluding hydrogens is 432 g/mol. The highest BCUT2D eigenvalue weighted by molar-refractivity contribution is 5.94. The van der Waals surface area contributed by atoms with Gasteiger partial charge in [-0.25, -0.2) is 0 Å². The molecule has 0 bridgehead atoms. The smallest absolute Gasteiger partial charge is 0.257 e. The Hall–Kier alpha value is -2.94. The second-order valence-corrected chi connectivity index (χ2v) is 8.31. The molecule has 184 valence electrons. The quantitative estimate of drug-likeness (QED) is 0.365. The largest absolute Gasteiger partial charge is 0.484 e. The highest BCUT2D eigenvalue weighted by Crippen LogP contribution is 2.18. The van der Waals surface area contributed by atoms with Crippen molar-refractivity contribution in [2.24, 2.45) is 0 Å². The molecule has 2 aromatic rings. The second kappa shape index (κ2) is 14.3. The summed E-state index contributed by atoms with van der Waals surface area (Å²) in [6.07, 6.45) is 1.97. The van der Waals surface area contributed by atoms with Crippen molar-refractivity contribution >= 4 is 11.8 Å². The van der Waals surface area contributed by atoms with Crippen molar-refractivity contribution in [3.8, 4) is 5.75 Å². The standard InChI is InChI=1S/C26H36N4O4/c1-33-17-14-27-12-13-29-26(32)22-8-4-9-24(18-22)34-20-25(31)28-11-5-15-30-16-10-21-6-2-3-7-23(21)19-30/h2-4,6-9,18,27H,5,10-17,19-20H2,1H3,(H,28,31)(H,29,32). The van der Waals surface area contributed by atoms with Gasteiger partial charge >= 0.3 is 0 Å². The molecule has 1 aliphatic heterocycles. The molecule has 0 aromatic heterocycles. The third kappa shape index (κ3) is 8.78. The van der Waals surface area contributed by atoms with Crippen LogP contribution in [0.1, 0.15) is 27.9 Å². The van der Waals surface area contributed by atoms with Crippen molar-refractivity contribution in [1.82, 2.24) is 20.9 Å². The summed E-state index contributed by atoms with van der Waals surface area (Å²) in [6, 6.07) is 15.4. The fourth-order valence-electron chi connectivity index (χ4n) is 3.87. The number of ether oxygens (including phenoxy) is 2. The van der Waals surface area contributed by atoms with Crippen LogP contribution < -0.4 is 20.7 Å². The molecule has 0 radical (unpaired) electrons. The first-order chi connectivity index (χ1) is 16.7. The summed E-state index contributed by atoms with van der Waals surface area (Å²) in [5.74, 6) is 0.151. The minimum absolute atomic E-state index is 0.0778. The monoisotopic (exact) mass is 468 g/mol. The molecule has 1 aliphatic rings. The summed E-state index contributed by atoms with van der Waals surface area (Å²) in [5, 5.41) is 8.94. The molecule has 8 nitrogen and oxygen atoms in total. The van der Waals surface area contributed by atoms with Crippen LogP contribution >= 0.6 is 0 Å². The van der Waals surface area contributed by atoms with Crippen molar-refractivity contribution in [1.29, 1.82) is 0 Å². The van der Waals surface area contributed by atoms with Crippen molar-refractivity contribution in [2.75, 3.05) is 59.6 Å². The predicted molar refractivity (Wildman–Crippen MR) is 132 cm³/mol. The van der Waals surface area contributed by atoms with E-state index in [-0.39, 0.29) is 18.4 Å². The van der Waals surface area contributed by atoms with Crippen LogP contribution in [0.5, 0.6) is 5.75 Å². The van der Waals surface area contributed by atoms with Gasteiger partial charge in [0.25, 0.3) is 11.8 Å². The Bertz CT molecular complexity index is 921. The van der Waals surface area contributed by atoms with Crippen molar-refractivity contribution in [3.05, 3.63) is 65.2 Å². The van der Waals surface area contributed by atoms with Gasteiger partial charge in [-0.1, -0.05) is 30.3 Å². The van der Waals surface area contributed by atoms with Crippen LogP contribution in [0.4, 0.5) is 0 Å². The van der Waals surface area contributed by atoms with Gasteiger partial charge in [0.05, 0.1) is 6.61 Å². The molecule has 2 amide bonds. The Morgan fingerprint density at radius 2 is 1.82 bits per heavy atom. The SMILES string of the molecule is COCCNCCNC(=O)c1cccc(OCC(=O)NCCCN2CCc3ccccc3C2)c1. The number of methoxy groups -OCH3 is 1. The van der Waals surface area contributed by atoms with E-state index in [0.29, 0.717) is 37.6 Å². The van der Waals surface area contributed by atoms with E-state index in [2.05, 4.69) is 45.1 Å². The van der Waals surface area contributed by atoms with Gasteiger partial charge in [0.15, 0.2) is 6.61 Å². The normalized spacial score (nSPS) is 13.2. The number of nitrogens with zero attached hydrogens (tertiary/aromatic N) is 1. The Balaban J connectivity index is 1.29. The van der Waals surface area contributed by atoms with Crippen molar-refractivity contribution in [3.63, 3.8) is 0 Å². The van der Waals surface area contributed by atoms with Crippen LogP contribution in [-0.4, -0.2) is 76.3 Å². The summed E-state index contributed by atoms with van der Waals surface area (Å²) in [6.45, 7) is 6.07. The van der Waals surface area contributed by atoms with Gasteiger partial charge in [-0.2, -0.15) is 0 Å². The van der Waals surface area contributed by atoms with Crippen molar-refractivity contribution in [2.45, 2.75) is 19.4 Å². The summed E-state index contributed by atoms with van der Waals surface area (Å²) in [7, 11) is 1.65. The lowest BCUT2D eigenvalue weighted by Crippen LogP contribution is -2.35. The Morgan fingerprint density at radius 3 is 2.68 bits per heavy atom. The maximum absolute atomic E-state index is 12.3. The van der Waals surface area contributed by atoms with Gasteiger partial charge in [0.2, 0.25) is 0 Å².